The average Bonchev–Trinajstić information content (AvgIpc) is 2.82. The van der Waals surface area contributed by atoms with Gasteiger partial charge in [0, 0.05) is 5.92 Å². The van der Waals surface area contributed by atoms with Crippen molar-refractivity contribution in [3.63, 3.8) is 0 Å². The molecule has 1 aromatic heterocycles. The Kier molecular flexibility index (Phi) is 3.85. The molecule has 1 amide bonds. The van der Waals surface area contributed by atoms with Crippen LogP contribution in [0.3, 0.4) is 0 Å². The monoisotopic (exact) mass is 278 g/mol. The maximum atomic E-state index is 12.0. The maximum Gasteiger partial charge on any atom is 0.295 e. The molecule has 1 aromatic carbocycles. The van der Waals surface area contributed by atoms with Gasteiger partial charge in [-0.25, -0.2) is 4.98 Å². The Morgan fingerprint density at radius 2 is 2.16 bits per heavy atom. The lowest BCUT2D eigenvalue weighted by molar-refractivity contribution is 0.101. The summed E-state index contributed by atoms with van der Waals surface area (Å²) in [4.78, 5) is 16.1. The number of hydrogen-bond donors (Lipinski definition) is 2. The number of halogens is 1. The highest BCUT2D eigenvalue weighted by atomic mass is 35.5. The molecule has 0 unspecified atom stereocenters. The zero-order valence-corrected chi connectivity index (χ0v) is 11.7. The topological polar surface area (TPSA) is 70.7 Å². The Hall–Kier alpha value is -1.88. The van der Waals surface area contributed by atoms with Crippen molar-refractivity contribution in [1.82, 2.24) is 15.2 Å². The number of nitrogens with zero attached hydrogens (tertiary/aromatic N) is 2. The van der Waals surface area contributed by atoms with Crippen LogP contribution in [-0.4, -0.2) is 21.1 Å². The highest BCUT2D eigenvalue weighted by Gasteiger charge is 2.15. The summed E-state index contributed by atoms with van der Waals surface area (Å²) in [5, 5.41) is 9.81. The molecular weight excluding hydrogens is 264 g/mol. The van der Waals surface area contributed by atoms with Crippen molar-refractivity contribution >= 4 is 23.2 Å². The van der Waals surface area contributed by atoms with Crippen molar-refractivity contribution in [1.29, 1.82) is 0 Å². The van der Waals surface area contributed by atoms with Gasteiger partial charge in [-0.3, -0.25) is 9.89 Å². The Labute approximate surface area is 116 Å². The summed E-state index contributed by atoms with van der Waals surface area (Å²) in [6.45, 7) is 5.87. The highest BCUT2D eigenvalue weighted by molar-refractivity contribution is 6.33. The fourth-order valence-electron chi connectivity index (χ4n) is 1.53. The van der Waals surface area contributed by atoms with Gasteiger partial charge in [0.05, 0.1) is 10.7 Å². The summed E-state index contributed by atoms with van der Waals surface area (Å²) < 4.78 is 0. The fraction of sp³-hybridized carbons (Fsp3) is 0.308. The van der Waals surface area contributed by atoms with Gasteiger partial charge in [-0.1, -0.05) is 31.5 Å². The number of H-pyrrole nitrogens is 1. The second kappa shape index (κ2) is 5.40. The van der Waals surface area contributed by atoms with Gasteiger partial charge >= 0.3 is 0 Å². The van der Waals surface area contributed by atoms with Gasteiger partial charge in [0.15, 0.2) is 0 Å². The summed E-state index contributed by atoms with van der Waals surface area (Å²) in [6, 6.07) is 5.42. The predicted octanol–water partition coefficient (Wildman–Crippen LogP) is 3.14. The molecule has 0 aliphatic heterocycles. The second-order valence-corrected chi connectivity index (χ2v) is 5.04. The molecule has 0 saturated carbocycles. The van der Waals surface area contributed by atoms with Gasteiger partial charge in [-0.15, -0.1) is 5.10 Å². The first-order chi connectivity index (χ1) is 8.97. The molecule has 5 nitrogen and oxygen atoms in total. The van der Waals surface area contributed by atoms with E-state index in [0.29, 0.717) is 16.5 Å². The first-order valence-corrected chi connectivity index (χ1v) is 6.35. The Balaban J connectivity index is 2.16. The van der Waals surface area contributed by atoms with Crippen LogP contribution in [0.4, 0.5) is 5.69 Å². The normalized spacial score (nSPS) is 10.8. The number of carbonyl (C=O) groups is 1. The molecule has 0 radical (unpaired) electrons. The standard InChI is InChI=1S/C13H15ClN4O/c1-7(2)11-16-12(18-17-11)13(19)15-10-5-4-8(3)6-9(10)14/h4-7H,1-3H3,(H,15,19)(H,16,17,18). The van der Waals surface area contributed by atoms with E-state index >= 15 is 0 Å². The summed E-state index contributed by atoms with van der Waals surface area (Å²) in [6.07, 6.45) is 0. The van der Waals surface area contributed by atoms with Gasteiger partial charge < -0.3 is 5.32 Å². The number of carbonyl (C=O) groups excluding carboxylic acids is 1. The number of hydrogen-bond acceptors (Lipinski definition) is 3. The van der Waals surface area contributed by atoms with E-state index < -0.39 is 0 Å². The lowest BCUT2D eigenvalue weighted by atomic mass is 10.2. The van der Waals surface area contributed by atoms with E-state index in [4.69, 9.17) is 11.6 Å². The molecule has 0 bridgehead atoms. The third-order valence-electron chi connectivity index (χ3n) is 2.63. The van der Waals surface area contributed by atoms with Crippen molar-refractivity contribution in [2.75, 3.05) is 5.32 Å². The van der Waals surface area contributed by atoms with E-state index in [9.17, 15) is 4.79 Å². The van der Waals surface area contributed by atoms with Crippen LogP contribution in [0.15, 0.2) is 18.2 Å². The van der Waals surface area contributed by atoms with Crippen molar-refractivity contribution in [3.8, 4) is 0 Å². The molecule has 0 aliphatic rings. The van der Waals surface area contributed by atoms with Crippen LogP contribution < -0.4 is 5.32 Å². The van der Waals surface area contributed by atoms with Crippen LogP contribution in [0.1, 0.15) is 41.8 Å². The molecule has 0 saturated heterocycles. The third-order valence-corrected chi connectivity index (χ3v) is 2.94. The van der Waals surface area contributed by atoms with Gasteiger partial charge in [0.1, 0.15) is 5.82 Å². The van der Waals surface area contributed by atoms with Gasteiger partial charge in [-0.2, -0.15) is 0 Å². The van der Waals surface area contributed by atoms with Crippen LogP contribution in [0.2, 0.25) is 5.02 Å². The molecule has 0 aliphatic carbocycles. The lowest BCUT2D eigenvalue weighted by Gasteiger charge is -2.05. The maximum absolute atomic E-state index is 12.0. The molecule has 2 aromatic rings. The summed E-state index contributed by atoms with van der Waals surface area (Å²) in [7, 11) is 0. The van der Waals surface area contributed by atoms with E-state index in [0.717, 1.165) is 5.56 Å². The number of benzene rings is 1. The molecule has 100 valence electrons. The van der Waals surface area contributed by atoms with E-state index in [1.54, 1.807) is 12.1 Å². The minimum Gasteiger partial charge on any atom is -0.318 e. The van der Waals surface area contributed by atoms with E-state index in [1.165, 1.54) is 0 Å². The van der Waals surface area contributed by atoms with Crippen LogP contribution in [-0.2, 0) is 0 Å². The molecule has 1 heterocycles. The van der Waals surface area contributed by atoms with Crippen LogP contribution >= 0.6 is 11.6 Å². The van der Waals surface area contributed by atoms with Crippen molar-refractivity contribution in [2.45, 2.75) is 26.7 Å². The summed E-state index contributed by atoms with van der Waals surface area (Å²) >= 11 is 6.05. The van der Waals surface area contributed by atoms with Gasteiger partial charge in [0.2, 0.25) is 5.82 Å². The number of anilines is 1. The highest BCUT2D eigenvalue weighted by Crippen LogP contribution is 2.23. The molecular formula is C13H15ClN4O. The quantitative estimate of drug-likeness (QED) is 0.906. The summed E-state index contributed by atoms with van der Waals surface area (Å²) in [5.74, 6) is 0.603. The number of nitrogens with one attached hydrogen (secondary N) is 2. The molecule has 6 heteroatoms. The Bertz CT molecular complexity index is 606. The van der Waals surface area contributed by atoms with E-state index in [1.807, 2.05) is 26.8 Å². The Morgan fingerprint density at radius 3 is 2.74 bits per heavy atom. The summed E-state index contributed by atoms with van der Waals surface area (Å²) in [5.41, 5.74) is 1.58. The molecule has 2 N–H and O–H groups in total. The third kappa shape index (κ3) is 3.12. The largest absolute Gasteiger partial charge is 0.318 e. The zero-order chi connectivity index (χ0) is 14.0. The zero-order valence-electron chi connectivity index (χ0n) is 11.0. The molecule has 19 heavy (non-hydrogen) atoms. The first kappa shape index (κ1) is 13.5. The first-order valence-electron chi connectivity index (χ1n) is 5.97. The van der Waals surface area contributed by atoms with Crippen LogP contribution in [0.25, 0.3) is 0 Å². The van der Waals surface area contributed by atoms with Crippen molar-refractivity contribution in [3.05, 3.63) is 40.4 Å². The van der Waals surface area contributed by atoms with E-state index in [-0.39, 0.29) is 17.6 Å². The molecule has 0 fully saturated rings. The molecule has 0 spiro atoms. The van der Waals surface area contributed by atoms with Crippen LogP contribution in [0.5, 0.6) is 0 Å². The van der Waals surface area contributed by atoms with Gasteiger partial charge in [0.25, 0.3) is 5.91 Å². The van der Waals surface area contributed by atoms with Crippen molar-refractivity contribution in [2.24, 2.45) is 0 Å². The predicted molar refractivity (Wildman–Crippen MR) is 74.6 cm³/mol. The number of aryl methyl sites for hydroxylation is 1. The van der Waals surface area contributed by atoms with Gasteiger partial charge in [-0.05, 0) is 24.6 Å². The number of aromatic amines is 1. The van der Waals surface area contributed by atoms with Crippen LogP contribution in [0, 0.1) is 6.92 Å². The Morgan fingerprint density at radius 1 is 1.42 bits per heavy atom. The fourth-order valence-corrected chi connectivity index (χ4v) is 1.82. The average molecular weight is 279 g/mol. The minimum atomic E-state index is -0.381. The number of aromatic nitrogens is 3. The molecule has 2 rings (SSSR count). The minimum absolute atomic E-state index is 0.111. The lowest BCUT2D eigenvalue weighted by Crippen LogP contribution is -2.14. The second-order valence-electron chi connectivity index (χ2n) is 4.64. The van der Waals surface area contributed by atoms with E-state index in [2.05, 4.69) is 20.5 Å². The van der Waals surface area contributed by atoms with Crippen molar-refractivity contribution < 1.29 is 4.79 Å². The SMILES string of the molecule is Cc1ccc(NC(=O)c2n[nH]c(C(C)C)n2)c(Cl)c1. The number of amides is 1. The smallest absolute Gasteiger partial charge is 0.295 e. The number of rotatable bonds is 3. The molecule has 0 atom stereocenters.